The van der Waals surface area contributed by atoms with Gasteiger partial charge in [0.15, 0.2) is 0 Å². The predicted molar refractivity (Wildman–Crippen MR) is 109 cm³/mol. The fraction of sp³-hybridized carbons (Fsp3) is 0.150. The molecular formula is C20H18IN3O2. The lowest BCUT2D eigenvalue weighted by Crippen LogP contribution is -2.28. The first kappa shape index (κ1) is 18.3. The zero-order valence-corrected chi connectivity index (χ0v) is 16.4. The minimum Gasteiger partial charge on any atom is -0.475 e. The lowest BCUT2D eigenvalue weighted by atomic mass is 10.1. The summed E-state index contributed by atoms with van der Waals surface area (Å²) < 4.78 is 6.46. The van der Waals surface area contributed by atoms with Crippen LogP contribution in [-0.2, 0) is 0 Å². The van der Waals surface area contributed by atoms with E-state index < -0.39 is 0 Å². The summed E-state index contributed by atoms with van der Waals surface area (Å²) in [5, 5.41) is 11.1. The molecule has 132 valence electrons. The van der Waals surface area contributed by atoms with Crippen molar-refractivity contribution in [3.8, 4) is 17.1 Å². The van der Waals surface area contributed by atoms with Crippen LogP contribution in [0.4, 0.5) is 0 Å². The van der Waals surface area contributed by atoms with Crippen molar-refractivity contribution in [1.29, 1.82) is 0 Å². The summed E-state index contributed by atoms with van der Waals surface area (Å²) in [7, 11) is 0. The van der Waals surface area contributed by atoms with Crippen LogP contribution >= 0.6 is 22.6 Å². The van der Waals surface area contributed by atoms with Gasteiger partial charge < -0.3 is 10.1 Å². The van der Waals surface area contributed by atoms with E-state index in [-0.39, 0.29) is 5.91 Å². The van der Waals surface area contributed by atoms with E-state index in [1.54, 1.807) is 12.1 Å². The molecule has 6 heteroatoms. The van der Waals surface area contributed by atoms with Gasteiger partial charge in [-0.1, -0.05) is 42.0 Å². The first-order valence-electron chi connectivity index (χ1n) is 8.20. The van der Waals surface area contributed by atoms with Gasteiger partial charge in [0.05, 0.1) is 17.8 Å². The fourth-order valence-corrected chi connectivity index (χ4v) is 2.97. The zero-order chi connectivity index (χ0) is 18.4. The molecule has 1 N–H and O–H groups in total. The maximum atomic E-state index is 12.1. The third-order valence-electron chi connectivity index (χ3n) is 3.74. The molecule has 0 aliphatic rings. The van der Waals surface area contributed by atoms with Gasteiger partial charge in [-0.15, -0.1) is 10.2 Å². The molecule has 1 aromatic heterocycles. The fourth-order valence-electron chi connectivity index (χ4n) is 2.34. The molecule has 3 aromatic rings. The number of carbonyl (C=O) groups is 1. The maximum Gasteiger partial charge on any atom is 0.252 e. The number of aryl methyl sites for hydroxylation is 1. The Morgan fingerprint density at radius 1 is 1.04 bits per heavy atom. The van der Waals surface area contributed by atoms with E-state index in [0.717, 1.165) is 14.8 Å². The van der Waals surface area contributed by atoms with Crippen molar-refractivity contribution in [2.24, 2.45) is 0 Å². The van der Waals surface area contributed by atoms with Crippen molar-refractivity contribution in [1.82, 2.24) is 15.5 Å². The summed E-state index contributed by atoms with van der Waals surface area (Å²) >= 11 is 2.15. The Bertz CT molecular complexity index is 880. The highest BCUT2D eigenvalue weighted by atomic mass is 127. The zero-order valence-electron chi connectivity index (χ0n) is 14.3. The number of hydrogen-bond acceptors (Lipinski definition) is 4. The molecule has 0 saturated carbocycles. The van der Waals surface area contributed by atoms with Crippen LogP contribution in [0.5, 0.6) is 5.88 Å². The average Bonchev–Trinajstić information content (AvgIpc) is 2.66. The second kappa shape index (κ2) is 8.75. The number of rotatable bonds is 6. The van der Waals surface area contributed by atoms with Crippen LogP contribution in [0.2, 0.25) is 0 Å². The number of amides is 1. The van der Waals surface area contributed by atoms with Crippen LogP contribution in [0.3, 0.4) is 0 Å². The second-order valence-corrected chi connectivity index (χ2v) is 6.87. The van der Waals surface area contributed by atoms with Crippen LogP contribution in [0, 0.1) is 10.5 Å². The summed E-state index contributed by atoms with van der Waals surface area (Å²) in [5.74, 6) is 0.323. The minimum atomic E-state index is -0.112. The summed E-state index contributed by atoms with van der Waals surface area (Å²) in [6, 6.07) is 19.2. The van der Waals surface area contributed by atoms with E-state index in [1.807, 2.05) is 55.5 Å². The highest BCUT2D eigenvalue weighted by Crippen LogP contribution is 2.18. The molecule has 1 amide bonds. The lowest BCUT2D eigenvalue weighted by Gasteiger charge is -2.08. The smallest absolute Gasteiger partial charge is 0.252 e. The molecule has 0 unspecified atom stereocenters. The summed E-state index contributed by atoms with van der Waals surface area (Å²) in [4.78, 5) is 12.1. The van der Waals surface area contributed by atoms with Gasteiger partial charge in [0, 0.05) is 15.2 Å². The molecule has 0 saturated heterocycles. The second-order valence-electron chi connectivity index (χ2n) is 5.71. The normalized spacial score (nSPS) is 10.4. The van der Waals surface area contributed by atoms with E-state index in [1.165, 1.54) is 5.56 Å². The Morgan fingerprint density at radius 3 is 2.50 bits per heavy atom. The van der Waals surface area contributed by atoms with E-state index in [9.17, 15) is 4.79 Å². The summed E-state index contributed by atoms with van der Waals surface area (Å²) in [6.45, 7) is 2.77. The van der Waals surface area contributed by atoms with E-state index in [4.69, 9.17) is 4.74 Å². The van der Waals surface area contributed by atoms with Gasteiger partial charge in [-0.3, -0.25) is 4.79 Å². The quantitative estimate of drug-likeness (QED) is 0.449. The van der Waals surface area contributed by atoms with E-state index in [2.05, 4.69) is 38.1 Å². The highest BCUT2D eigenvalue weighted by Gasteiger charge is 2.08. The van der Waals surface area contributed by atoms with Gasteiger partial charge in [-0.05, 0) is 47.7 Å². The Labute approximate surface area is 165 Å². The molecule has 0 atom stereocenters. The molecule has 0 bridgehead atoms. The van der Waals surface area contributed by atoms with Gasteiger partial charge in [0.2, 0.25) is 5.88 Å². The molecule has 0 fully saturated rings. The number of hydrogen-bond donors (Lipinski definition) is 1. The third kappa shape index (κ3) is 4.78. The minimum absolute atomic E-state index is 0.112. The molecule has 0 aliphatic heterocycles. The molecule has 1 heterocycles. The van der Waals surface area contributed by atoms with Crippen LogP contribution in [0.15, 0.2) is 60.7 Å². The van der Waals surface area contributed by atoms with Gasteiger partial charge in [-0.2, -0.15) is 0 Å². The molecule has 3 rings (SSSR count). The van der Waals surface area contributed by atoms with Crippen molar-refractivity contribution in [2.75, 3.05) is 13.2 Å². The van der Waals surface area contributed by atoms with Gasteiger partial charge in [-0.25, -0.2) is 0 Å². The van der Waals surface area contributed by atoms with Crippen LogP contribution in [-0.4, -0.2) is 29.3 Å². The van der Waals surface area contributed by atoms with Crippen LogP contribution < -0.4 is 10.1 Å². The Morgan fingerprint density at radius 2 is 1.81 bits per heavy atom. The number of ether oxygens (including phenoxy) is 1. The van der Waals surface area contributed by atoms with Gasteiger partial charge >= 0.3 is 0 Å². The predicted octanol–water partition coefficient (Wildman–Crippen LogP) is 3.87. The Hall–Kier alpha value is -2.48. The number of nitrogens with one attached hydrogen (secondary N) is 1. The summed E-state index contributed by atoms with van der Waals surface area (Å²) in [5.41, 5.74) is 3.67. The first-order valence-corrected chi connectivity index (χ1v) is 9.27. The topological polar surface area (TPSA) is 64.1 Å². The monoisotopic (exact) mass is 459 g/mol. The molecule has 5 nitrogen and oxygen atoms in total. The lowest BCUT2D eigenvalue weighted by molar-refractivity contribution is 0.0945. The SMILES string of the molecule is Cc1ccc(-c2ccc(OCCNC(=O)c3ccccc3I)nn2)cc1. The summed E-state index contributed by atoms with van der Waals surface area (Å²) in [6.07, 6.45) is 0. The third-order valence-corrected chi connectivity index (χ3v) is 4.68. The standard InChI is InChI=1S/C20H18IN3O2/c1-14-6-8-15(9-7-14)18-10-11-19(24-23-18)26-13-12-22-20(25)16-4-2-3-5-17(16)21/h2-11H,12-13H2,1H3,(H,22,25). The number of nitrogens with zero attached hydrogens (tertiary/aromatic N) is 2. The number of carbonyl (C=O) groups excluding carboxylic acids is 1. The van der Waals surface area contributed by atoms with Gasteiger partial charge in [0.25, 0.3) is 5.91 Å². The number of aromatic nitrogens is 2. The number of halogens is 1. The molecular weight excluding hydrogens is 441 g/mol. The van der Waals surface area contributed by atoms with Crippen molar-refractivity contribution in [3.05, 3.63) is 75.4 Å². The molecule has 0 spiro atoms. The van der Waals surface area contributed by atoms with Crippen molar-refractivity contribution in [2.45, 2.75) is 6.92 Å². The molecule has 2 aromatic carbocycles. The Kier molecular flexibility index (Phi) is 6.17. The van der Waals surface area contributed by atoms with Crippen LogP contribution in [0.25, 0.3) is 11.3 Å². The maximum absolute atomic E-state index is 12.1. The average molecular weight is 459 g/mol. The molecule has 26 heavy (non-hydrogen) atoms. The Balaban J connectivity index is 1.49. The van der Waals surface area contributed by atoms with Crippen molar-refractivity contribution in [3.63, 3.8) is 0 Å². The largest absolute Gasteiger partial charge is 0.475 e. The van der Waals surface area contributed by atoms with E-state index in [0.29, 0.717) is 24.6 Å². The van der Waals surface area contributed by atoms with Gasteiger partial charge in [0.1, 0.15) is 6.61 Å². The first-order chi connectivity index (χ1) is 12.6. The van der Waals surface area contributed by atoms with E-state index >= 15 is 0 Å². The van der Waals surface area contributed by atoms with Crippen molar-refractivity contribution < 1.29 is 9.53 Å². The molecule has 0 aliphatic carbocycles. The van der Waals surface area contributed by atoms with Crippen LogP contribution in [0.1, 0.15) is 15.9 Å². The molecule has 0 radical (unpaired) electrons. The number of benzene rings is 2. The van der Waals surface area contributed by atoms with Crippen molar-refractivity contribution >= 4 is 28.5 Å². The highest BCUT2D eigenvalue weighted by molar-refractivity contribution is 14.1.